The van der Waals surface area contributed by atoms with E-state index in [1.165, 1.54) is 25.7 Å². The lowest BCUT2D eigenvalue weighted by Gasteiger charge is -2.22. The number of nitrogens with zero attached hydrogens (tertiary/aromatic N) is 1. The van der Waals surface area contributed by atoms with Gasteiger partial charge in [0.2, 0.25) is 11.8 Å². The summed E-state index contributed by atoms with van der Waals surface area (Å²) in [6.45, 7) is 4.13. The molecule has 1 atom stereocenters. The molecule has 5 nitrogen and oxygen atoms in total. The first-order valence-corrected chi connectivity index (χ1v) is 9.41. The summed E-state index contributed by atoms with van der Waals surface area (Å²) in [5, 5.41) is 2.88. The van der Waals surface area contributed by atoms with Crippen molar-refractivity contribution in [2.45, 2.75) is 83.3 Å². The maximum Gasteiger partial charge on any atom is 0.249 e. The third kappa shape index (κ3) is 6.13. The van der Waals surface area contributed by atoms with Crippen LogP contribution in [0.1, 0.15) is 71.1 Å². The third-order valence-electron chi connectivity index (χ3n) is 4.92. The van der Waals surface area contributed by atoms with Gasteiger partial charge >= 0.3 is 0 Å². The molecule has 2 rings (SSSR count). The summed E-state index contributed by atoms with van der Waals surface area (Å²) in [6.07, 6.45) is 10.1. The molecule has 5 heteroatoms. The molecule has 0 radical (unpaired) electrons. The first-order valence-electron chi connectivity index (χ1n) is 9.41. The minimum atomic E-state index is -0.369. The van der Waals surface area contributed by atoms with Gasteiger partial charge in [0.05, 0.1) is 6.10 Å². The SMILES string of the molecule is CC[C@@H](OC1CCCC1)C(=O)NCCC(=O)N1CCCCCC1. The summed E-state index contributed by atoms with van der Waals surface area (Å²) in [4.78, 5) is 26.4. The molecule has 2 fully saturated rings. The Bertz CT molecular complexity index is 372. The highest BCUT2D eigenvalue weighted by molar-refractivity contribution is 5.82. The summed E-state index contributed by atoms with van der Waals surface area (Å²) < 4.78 is 5.91. The molecule has 0 aromatic heterocycles. The second-order valence-electron chi connectivity index (χ2n) is 6.78. The van der Waals surface area contributed by atoms with Gasteiger partial charge in [-0.3, -0.25) is 9.59 Å². The number of hydrogen-bond acceptors (Lipinski definition) is 3. The molecule has 2 amide bonds. The van der Waals surface area contributed by atoms with Crippen LogP contribution in [0.15, 0.2) is 0 Å². The summed E-state index contributed by atoms with van der Waals surface area (Å²) in [6, 6.07) is 0. The predicted molar refractivity (Wildman–Crippen MR) is 90.1 cm³/mol. The second-order valence-corrected chi connectivity index (χ2v) is 6.78. The second kappa shape index (κ2) is 9.91. The summed E-state index contributed by atoms with van der Waals surface area (Å²) >= 11 is 0. The van der Waals surface area contributed by atoms with Crippen molar-refractivity contribution < 1.29 is 14.3 Å². The molecule has 0 spiro atoms. The molecule has 1 N–H and O–H groups in total. The number of likely N-dealkylation sites (tertiary alicyclic amines) is 1. The minimum Gasteiger partial charge on any atom is -0.365 e. The average molecular weight is 324 g/mol. The Kier molecular flexibility index (Phi) is 7.86. The first kappa shape index (κ1) is 18.2. The van der Waals surface area contributed by atoms with E-state index in [9.17, 15) is 9.59 Å². The van der Waals surface area contributed by atoms with Crippen LogP contribution < -0.4 is 5.32 Å². The molecular formula is C18H32N2O3. The van der Waals surface area contributed by atoms with E-state index < -0.39 is 0 Å². The van der Waals surface area contributed by atoms with E-state index in [1.807, 2.05) is 11.8 Å². The van der Waals surface area contributed by atoms with Gasteiger partial charge in [-0.1, -0.05) is 32.6 Å². The Morgan fingerprint density at radius 2 is 1.74 bits per heavy atom. The van der Waals surface area contributed by atoms with Crippen molar-refractivity contribution in [1.29, 1.82) is 0 Å². The molecular weight excluding hydrogens is 292 g/mol. The zero-order valence-corrected chi connectivity index (χ0v) is 14.5. The highest BCUT2D eigenvalue weighted by Crippen LogP contribution is 2.22. The van der Waals surface area contributed by atoms with Gasteiger partial charge in [0.25, 0.3) is 0 Å². The van der Waals surface area contributed by atoms with Crippen LogP contribution in [0.25, 0.3) is 0 Å². The van der Waals surface area contributed by atoms with Gasteiger partial charge in [0.15, 0.2) is 0 Å². The van der Waals surface area contributed by atoms with E-state index in [0.29, 0.717) is 19.4 Å². The highest BCUT2D eigenvalue weighted by atomic mass is 16.5. The van der Waals surface area contributed by atoms with E-state index in [2.05, 4.69) is 5.32 Å². The molecule has 0 unspecified atom stereocenters. The predicted octanol–water partition coefficient (Wildman–Crippen LogP) is 2.63. The molecule has 0 bridgehead atoms. The van der Waals surface area contributed by atoms with Gasteiger partial charge in [0.1, 0.15) is 6.10 Å². The maximum atomic E-state index is 12.2. The number of amides is 2. The van der Waals surface area contributed by atoms with Crippen molar-refractivity contribution in [3.8, 4) is 0 Å². The first-order chi connectivity index (χ1) is 11.2. The fourth-order valence-corrected chi connectivity index (χ4v) is 3.48. The Hall–Kier alpha value is -1.10. The molecule has 1 aliphatic heterocycles. The van der Waals surface area contributed by atoms with Crippen LogP contribution in [0.5, 0.6) is 0 Å². The largest absolute Gasteiger partial charge is 0.365 e. The van der Waals surface area contributed by atoms with Gasteiger partial charge in [-0.25, -0.2) is 0 Å². The van der Waals surface area contributed by atoms with E-state index >= 15 is 0 Å². The van der Waals surface area contributed by atoms with Crippen LogP contribution in [-0.2, 0) is 14.3 Å². The monoisotopic (exact) mass is 324 g/mol. The minimum absolute atomic E-state index is 0.0666. The number of carbonyl (C=O) groups excluding carboxylic acids is 2. The van der Waals surface area contributed by atoms with Gasteiger partial charge in [-0.2, -0.15) is 0 Å². The standard InChI is InChI=1S/C18H32N2O3/c1-2-16(23-15-9-5-6-10-15)18(22)19-12-11-17(21)20-13-7-3-4-8-14-20/h15-16H,2-14H2,1H3,(H,19,22)/t16-/m1/s1. The Balaban J connectivity index is 1.66. The number of hydrogen-bond donors (Lipinski definition) is 1. The molecule has 1 saturated carbocycles. The van der Waals surface area contributed by atoms with Crippen LogP contribution in [0, 0.1) is 0 Å². The quantitative estimate of drug-likeness (QED) is 0.783. The topological polar surface area (TPSA) is 58.6 Å². The van der Waals surface area contributed by atoms with Crippen LogP contribution in [-0.4, -0.2) is 48.6 Å². The lowest BCUT2D eigenvalue weighted by Crippen LogP contribution is -2.40. The van der Waals surface area contributed by atoms with Crippen molar-refractivity contribution in [2.75, 3.05) is 19.6 Å². The van der Waals surface area contributed by atoms with Crippen LogP contribution in [0.2, 0.25) is 0 Å². The molecule has 1 heterocycles. The van der Waals surface area contributed by atoms with Crippen molar-refractivity contribution in [3.63, 3.8) is 0 Å². The molecule has 132 valence electrons. The zero-order valence-electron chi connectivity index (χ0n) is 14.5. The number of nitrogens with one attached hydrogen (secondary N) is 1. The fourth-order valence-electron chi connectivity index (χ4n) is 3.48. The molecule has 0 aromatic rings. The normalized spacial score (nSPS) is 21.0. The molecule has 1 saturated heterocycles. The van der Waals surface area contributed by atoms with Crippen LogP contribution >= 0.6 is 0 Å². The van der Waals surface area contributed by atoms with E-state index in [1.54, 1.807) is 0 Å². The Labute approximate surface area is 140 Å². The van der Waals surface area contributed by atoms with E-state index in [0.717, 1.165) is 38.8 Å². The third-order valence-corrected chi connectivity index (χ3v) is 4.92. The van der Waals surface area contributed by atoms with Gasteiger partial charge < -0.3 is 15.0 Å². The van der Waals surface area contributed by atoms with Crippen molar-refractivity contribution in [3.05, 3.63) is 0 Å². The van der Waals surface area contributed by atoms with Gasteiger partial charge in [0, 0.05) is 26.1 Å². The Morgan fingerprint density at radius 3 is 2.35 bits per heavy atom. The molecule has 23 heavy (non-hydrogen) atoms. The number of rotatable bonds is 7. The van der Waals surface area contributed by atoms with Crippen molar-refractivity contribution in [1.82, 2.24) is 10.2 Å². The average Bonchev–Trinajstić information content (AvgIpc) is 2.91. The van der Waals surface area contributed by atoms with E-state index in [-0.39, 0.29) is 24.0 Å². The van der Waals surface area contributed by atoms with Crippen LogP contribution in [0.4, 0.5) is 0 Å². The zero-order chi connectivity index (χ0) is 16.5. The van der Waals surface area contributed by atoms with E-state index in [4.69, 9.17) is 4.74 Å². The number of ether oxygens (including phenoxy) is 1. The van der Waals surface area contributed by atoms with Crippen LogP contribution in [0.3, 0.4) is 0 Å². The van der Waals surface area contributed by atoms with Gasteiger partial charge in [-0.15, -0.1) is 0 Å². The summed E-state index contributed by atoms with van der Waals surface area (Å²) in [5.41, 5.74) is 0. The lowest BCUT2D eigenvalue weighted by molar-refractivity contribution is -0.137. The number of carbonyl (C=O) groups is 2. The fraction of sp³-hybridized carbons (Fsp3) is 0.889. The summed E-state index contributed by atoms with van der Waals surface area (Å²) in [7, 11) is 0. The smallest absolute Gasteiger partial charge is 0.249 e. The Morgan fingerprint density at radius 1 is 1.09 bits per heavy atom. The lowest BCUT2D eigenvalue weighted by atomic mass is 10.2. The molecule has 1 aliphatic carbocycles. The summed E-state index contributed by atoms with van der Waals surface area (Å²) in [5.74, 6) is 0.0972. The highest BCUT2D eigenvalue weighted by Gasteiger charge is 2.24. The van der Waals surface area contributed by atoms with Gasteiger partial charge in [-0.05, 0) is 32.1 Å². The van der Waals surface area contributed by atoms with Crippen molar-refractivity contribution in [2.24, 2.45) is 0 Å². The molecule has 0 aromatic carbocycles. The molecule has 2 aliphatic rings. The maximum absolute atomic E-state index is 12.2. The van der Waals surface area contributed by atoms with Crippen molar-refractivity contribution >= 4 is 11.8 Å².